The van der Waals surface area contributed by atoms with Crippen LogP contribution >= 0.6 is 11.3 Å². The average molecular weight is 481 g/mol. The van der Waals surface area contributed by atoms with Crippen molar-refractivity contribution in [1.82, 2.24) is 4.98 Å². The molecule has 0 N–H and O–H groups in total. The zero-order valence-electron chi connectivity index (χ0n) is 19.8. The average Bonchev–Trinajstić information content (AvgIpc) is 3.48. The van der Waals surface area contributed by atoms with E-state index < -0.39 is 8.32 Å². The van der Waals surface area contributed by atoms with E-state index in [0.717, 1.165) is 24.6 Å². The first-order valence-electron chi connectivity index (χ1n) is 11.5. The van der Waals surface area contributed by atoms with Crippen LogP contribution in [0.4, 0.5) is 5.13 Å². The van der Waals surface area contributed by atoms with Crippen molar-refractivity contribution in [2.75, 3.05) is 24.6 Å². The van der Waals surface area contributed by atoms with Crippen molar-refractivity contribution in [3.05, 3.63) is 71.7 Å². The first-order valence-corrected chi connectivity index (χ1v) is 14.3. The number of rotatable bonds is 7. The molecule has 3 aromatic rings. The minimum absolute atomic E-state index is 0.0542. The topological polar surface area (TPSA) is 51.7 Å². The van der Waals surface area contributed by atoms with E-state index in [9.17, 15) is 4.79 Å². The minimum Gasteiger partial charge on any atom is -0.461 e. The van der Waals surface area contributed by atoms with E-state index in [0.29, 0.717) is 12.3 Å². The molecule has 2 aromatic carbocycles. The van der Waals surface area contributed by atoms with Gasteiger partial charge in [0, 0.05) is 18.5 Å². The Morgan fingerprint density at radius 3 is 2.24 bits per heavy atom. The lowest BCUT2D eigenvalue weighted by atomic mass is 10.2. The molecule has 174 valence electrons. The molecule has 1 atom stereocenters. The summed E-state index contributed by atoms with van der Waals surface area (Å²) in [5.41, 5.74) is 0.383. The molecule has 0 aliphatic carbocycles. The van der Waals surface area contributed by atoms with E-state index in [4.69, 9.17) is 9.16 Å². The van der Waals surface area contributed by atoms with Gasteiger partial charge < -0.3 is 14.1 Å². The van der Waals surface area contributed by atoms with Crippen LogP contribution in [0.25, 0.3) is 0 Å². The van der Waals surface area contributed by atoms with Crippen LogP contribution < -0.4 is 15.3 Å². The van der Waals surface area contributed by atoms with Crippen LogP contribution in [0.2, 0.25) is 5.04 Å². The standard InChI is InChI=1S/C26H32N2O3SSi/c1-5-30-24(29)23-19-32-25(27-23)28-17-16-20(18-28)31-33(26(2,3)4,21-12-8-6-9-13-21)22-14-10-7-11-15-22/h6-15,19-20H,5,16-18H2,1-4H3/t20-/m1/s1. The summed E-state index contributed by atoms with van der Waals surface area (Å²) in [6.07, 6.45) is 1.02. The quantitative estimate of drug-likeness (QED) is 0.369. The van der Waals surface area contributed by atoms with Crippen molar-refractivity contribution in [2.45, 2.75) is 45.3 Å². The Morgan fingerprint density at radius 2 is 1.70 bits per heavy atom. The van der Waals surface area contributed by atoms with E-state index >= 15 is 0 Å². The zero-order valence-corrected chi connectivity index (χ0v) is 21.6. The molecule has 0 spiro atoms. The minimum atomic E-state index is -2.59. The largest absolute Gasteiger partial charge is 0.461 e. The molecule has 1 fully saturated rings. The molecule has 0 saturated carbocycles. The molecular weight excluding hydrogens is 448 g/mol. The summed E-state index contributed by atoms with van der Waals surface area (Å²) in [6.45, 7) is 10.7. The molecule has 1 aliphatic rings. The molecule has 1 aromatic heterocycles. The smallest absolute Gasteiger partial charge is 0.357 e. The second-order valence-corrected chi connectivity index (χ2v) is 14.5. The van der Waals surface area contributed by atoms with Crippen molar-refractivity contribution in [3.63, 3.8) is 0 Å². The number of hydrogen-bond acceptors (Lipinski definition) is 6. The van der Waals surface area contributed by atoms with Crippen LogP contribution in [0.5, 0.6) is 0 Å². The van der Waals surface area contributed by atoms with Gasteiger partial charge in [-0.1, -0.05) is 81.4 Å². The Labute approximate surface area is 201 Å². The summed E-state index contributed by atoms with van der Waals surface area (Å²) in [6, 6.07) is 21.5. The third-order valence-electron chi connectivity index (χ3n) is 6.15. The van der Waals surface area contributed by atoms with E-state index in [1.165, 1.54) is 21.7 Å². The number of nitrogens with zero attached hydrogens (tertiary/aromatic N) is 2. The first-order chi connectivity index (χ1) is 15.8. The van der Waals surface area contributed by atoms with Crippen LogP contribution in [0.1, 0.15) is 44.6 Å². The normalized spacial score (nSPS) is 16.7. The van der Waals surface area contributed by atoms with Gasteiger partial charge in [0.25, 0.3) is 8.32 Å². The monoisotopic (exact) mass is 480 g/mol. The zero-order chi connectivity index (χ0) is 23.5. The van der Waals surface area contributed by atoms with Crippen LogP contribution in [-0.2, 0) is 9.16 Å². The maximum atomic E-state index is 12.0. The number of ether oxygens (including phenoxy) is 1. The molecule has 0 amide bonds. The Kier molecular flexibility index (Phi) is 7.02. The summed E-state index contributed by atoms with van der Waals surface area (Å²) in [7, 11) is -2.59. The number of anilines is 1. The van der Waals surface area contributed by atoms with Gasteiger partial charge in [-0.3, -0.25) is 0 Å². The molecule has 5 nitrogen and oxygen atoms in total. The molecule has 7 heteroatoms. The third kappa shape index (κ3) is 4.76. The fourth-order valence-electron chi connectivity index (χ4n) is 4.65. The highest BCUT2D eigenvalue weighted by Crippen LogP contribution is 2.39. The molecule has 0 bridgehead atoms. The predicted molar refractivity (Wildman–Crippen MR) is 137 cm³/mol. The van der Waals surface area contributed by atoms with Crippen molar-refractivity contribution in [2.24, 2.45) is 0 Å². The Morgan fingerprint density at radius 1 is 1.09 bits per heavy atom. The number of thiazole rings is 1. The maximum absolute atomic E-state index is 12.0. The van der Waals surface area contributed by atoms with Crippen LogP contribution in [-0.4, -0.2) is 45.1 Å². The molecular formula is C26H32N2O3SSi. The molecule has 2 heterocycles. The number of hydrogen-bond donors (Lipinski definition) is 0. The van der Waals surface area contributed by atoms with Crippen molar-refractivity contribution in [3.8, 4) is 0 Å². The van der Waals surface area contributed by atoms with Gasteiger partial charge in [0.1, 0.15) is 0 Å². The summed E-state index contributed by atoms with van der Waals surface area (Å²) in [5, 5.41) is 5.17. The molecule has 0 radical (unpaired) electrons. The van der Waals surface area contributed by atoms with Gasteiger partial charge in [-0.2, -0.15) is 0 Å². The summed E-state index contributed by atoms with van der Waals surface area (Å²) in [5.74, 6) is -0.362. The van der Waals surface area contributed by atoms with E-state index in [1.807, 2.05) is 0 Å². The van der Waals surface area contributed by atoms with Gasteiger partial charge in [0.05, 0.1) is 12.7 Å². The van der Waals surface area contributed by atoms with Crippen molar-refractivity contribution in [1.29, 1.82) is 0 Å². The van der Waals surface area contributed by atoms with Crippen LogP contribution in [0, 0.1) is 0 Å². The van der Waals surface area contributed by atoms with Gasteiger partial charge >= 0.3 is 5.97 Å². The second kappa shape index (κ2) is 9.79. The molecule has 4 rings (SSSR count). The number of esters is 1. The Hall–Kier alpha value is -2.48. The van der Waals surface area contributed by atoms with Crippen molar-refractivity contribution >= 4 is 41.1 Å². The lowest BCUT2D eigenvalue weighted by Gasteiger charge is -2.44. The Balaban J connectivity index is 1.63. The second-order valence-electron chi connectivity index (χ2n) is 9.37. The predicted octanol–water partition coefficient (Wildman–Crippen LogP) is 4.48. The number of carbonyl (C=O) groups excluding carboxylic acids is 1. The third-order valence-corrected chi connectivity index (χ3v) is 12.1. The first kappa shape index (κ1) is 23.7. The number of aromatic nitrogens is 1. The fourth-order valence-corrected chi connectivity index (χ4v) is 10.2. The molecule has 33 heavy (non-hydrogen) atoms. The SMILES string of the molecule is CCOC(=O)c1csc(N2CC[C@@H](O[Si](c3ccccc3)(c3ccccc3)C(C)(C)C)C2)n1. The van der Waals surface area contributed by atoms with Crippen molar-refractivity contribution < 1.29 is 14.0 Å². The summed E-state index contributed by atoms with van der Waals surface area (Å²) >= 11 is 1.49. The van der Waals surface area contributed by atoms with Gasteiger partial charge in [-0.05, 0) is 28.8 Å². The summed E-state index contributed by atoms with van der Waals surface area (Å²) in [4.78, 5) is 18.8. The van der Waals surface area contributed by atoms with E-state index in [1.54, 1.807) is 12.3 Å². The number of benzene rings is 2. The van der Waals surface area contributed by atoms with E-state index in [2.05, 4.69) is 91.3 Å². The lowest BCUT2D eigenvalue weighted by Crippen LogP contribution is -2.67. The van der Waals surface area contributed by atoms with Gasteiger partial charge in [-0.25, -0.2) is 9.78 Å². The maximum Gasteiger partial charge on any atom is 0.357 e. The van der Waals surface area contributed by atoms with Crippen LogP contribution in [0.3, 0.4) is 0 Å². The highest BCUT2D eigenvalue weighted by atomic mass is 32.1. The van der Waals surface area contributed by atoms with Gasteiger partial charge in [-0.15, -0.1) is 11.3 Å². The fraction of sp³-hybridized carbons (Fsp3) is 0.385. The highest BCUT2D eigenvalue weighted by molar-refractivity contribution is 7.14. The number of carbonyl (C=O) groups is 1. The van der Waals surface area contributed by atoms with E-state index in [-0.39, 0.29) is 17.1 Å². The van der Waals surface area contributed by atoms with Gasteiger partial charge in [0.2, 0.25) is 0 Å². The summed E-state index contributed by atoms with van der Waals surface area (Å²) < 4.78 is 12.4. The molecule has 1 aliphatic heterocycles. The highest BCUT2D eigenvalue weighted by Gasteiger charge is 2.52. The van der Waals surface area contributed by atoms with Crippen LogP contribution in [0.15, 0.2) is 66.0 Å². The Bertz CT molecular complexity index is 1030. The van der Waals surface area contributed by atoms with Gasteiger partial charge in [0.15, 0.2) is 10.8 Å². The molecule has 0 unspecified atom stereocenters. The lowest BCUT2D eigenvalue weighted by molar-refractivity contribution is 0.0520. The molecule has 1 saturated heterocycles.